The molecule has 0 bridgehead atoms. The van der Waals surface area contributed by atoms with Crippen LogP contribution in [0.25, 0.3) is 0 Å². The van der Waals surface area contributed by atoms with Crippen LogP contribution in [0.1, 0.15) is 46.2 Å². The molecule has 29 heavy (non-hydrogen) atoms. The van der Waals surface area contributed by atoms with Gasteiger partial charge in [0.25, 0.3) is 0 Å². The minimum Gasteiger partial charge on any atom is -0.444 e. The number of carbonyl (C=O) groups is 2. The van der Waals surface area contributed by atoms with Gasteiger partial charge in [0.15, 0.2) is 0 Å². The Balaban J connectivity index is 1.83. The molecular formula is C21H32FN3O4. The van der Waals surface area contributed by atoms with Gasteiger partial charge in [0.2, 0.25) is 5.91 Å². The second-order valence-electron chi connectivity index (χ2n) is 8.33. The quantitative estimate of drug-likeness (QED) is 0.755. The Morgan fingerprint density at radius 2 is 1.93 bits per heavy atom. The van der Waals surface area contributed by atoms with Crippen LogP contribution in [0.3, 0.4) is 0 Å². The minimum absolute atomic E-state index is 0.109. The fourth-order valence-corrected chi connectivity index (χ4v) is 3.06. The van der Waals surface area contributed by atoms with Crippen molar-refractivity contribution in [1.29, 1.82) is 0 Å². The third kappa shape index (κ3) is 7.62. The number of alkyl carbamates (subject to hydrolysis) is 1. The maximum absolute atomic E-state index is 13.1. The van der Waals surface area contributed by atoms with Crippen molar-refractivity contribution in [3.63, 3.8) is 0 Å². The van der Waals surface area contributed by atoms with Crippen molar-refractivity contribution in [2.45, 2.75) is 58.4 Å². The largest absolute Gasteiger partial charge is 0.444 e. The molecule has 0 radical (unpaired) electrons. The Hall–Kier alpha value is -2.19. The lowest BCUT2D eigenvalue weighted by molar-refractivity contribution is -0.129. The molecule has 0 spiro atoms. The van der Waals surface area contributed by atoms with Crippen LogP contribution >= 0.6 is 0 Å². The van der Waals surface area contributed by atoms with Crippen LogP contribution in [0.5, 0.6) is 0 Å². The fraction of sp³-hybridized carbons (Fsp3) is 0.619. The molecule has 3 atom stereocenters. The van der Waals surface area contributed by atoms with E-state index in [4.69, 9.17) is 9.47 Å². The summed E-state index contributed by atoms with van der Waals surface area (Å²) < 4.78 is 24.0. The van der Waals surface area contributed by atoms with E-state index in [1.54, 1.807) is 32.9 Å². The van der Waals surface area contributed by atoms with Gasteiger partial charge in [-0.1, -0.05) is 12.1 Å². The van der Waals surface area contributed by atoms with Gasteiger partial charge in [0.1, 0.15) is 11.4 Å². The highest BCUT2D eigenvalue weighted by Crippen LogP contribution is 2.15. The van der Waals surface area contributed by atoms with Crippen LogP contribution in [0.4, 0.5) is 9.18 Å². The highest BCUT2D eigenvalue weighted by Gasteiger charge is 2.29. The number of hydrogen-bond donors (Lipinski definition) is 2. The second-order valence-corrected chi connectivity index (χ2v) is 8.33. The summed E-state index contributed by atoms with van der Waals surface area (Å²) in [5, 5.41) is 5.68. The predicted molar refractivity (Wildman–Crippen MR) is 108 cm³/mol. The molecule has 1 heterocycles. The van der Waals surface area contributed by atoms with Crippen molar-refractivity contribution >= 4 is 12.0 Å². The Kier molecular flexibility index (Phi) is 7.98. The molecule has 2 N–H and O–H groups in total. The molecule has 1 aliphatic heterocycles. The third-order valence-corrected chi connectivity index (χ3v) is 4.70. The van der Waals surface area contributed by atoms with Gasteiger partial charge in [-0.3, -0.25) is 9.69 Å². The zero-order valence-corrected chi connectivity index (χ0v) is 17.8. The van der Waals surface area contributed by atoms with Gasteiger partial charge < -0.3 is 20.1 Å². The van der Waals surface area contributed by atoms with Crippen molar-refractivity contribution in [1.82, 2.24) is 15.5 Å². The van der Waals surface area contributed by atoms with Crippen molar-refractivity contribution < 1.29 is 23.5 Å². The van der Waals surface area contributed by atoms with Crippen LogP contribution < -0.4 is 10.6 Å². The number of benzene rings is 1. The van der Waals surface area contributed by atoms with E-state index in [1.165, 1.54) is 12.1 Å². The number of amides is 2. The summed E-state index contributed by atoms with van der Waals surface area (Å²) in [7, 11) is 0. The summed E-state index contributed by atoms with van der Waals surface area (Å²) in [6.45, 7) is 11.1. The molecule has 3 unspecified atom stereocenters. The van der Waals surface area contributed by atoms with Crippen molar-refractivity contribution in [3.8, 4) is 0 Å². The molecule has 1 aromatic carbocycles. The number of morpholine rings is 1. The average Bonchev–Trinajstić information content (AvgIpc) is 2.65. The summed E-state index contributed by atoms with van der Waals surface area (Å²) in [5.41, 5.74) is 0.283. The van der Waals surface area contributed by atoms with Crippen LogP contribution in [0.2, 0.25) is 0 Å². The first-order chi connectivity index (χ1) is 13.5. The number of hydrogen-bond acceptors (Lipinski definition) is 5. The van der Waals surface area contributed by atoms with Gasteiger partial charge in [0, 0.05) is 19.6 Å². The van der Waals surface area contributed by atoms with Gasteiger partial charge in [-0.2, -0.15) is 0 Å². The second kappa shape index (κ2) is 10.0. The first-order valence-electron chi connectivity index (χ1n) is 9.93. The maximum atomic E-state index is 13.1. The van der Waals surface area contributed by atoms with E-state index in [9.17, 15) is 14.0 Å². The molecule has 2 amide bonds. The van der Waals surface area contributed by atoms with Gasteiger partial charge in [0.05, 0.1) is 24.8 Å². The number of carbonyl (C=O) groups excluding carboxylic acids is 2. The van der Waals surface area contributed by atoms with Gasteiger partial charge in [-0.15, -0.1) is 0 Å². The number of nitrogens with zero attached hydrogens (tertiary/aromatic N) is 1. The normalized spacial score (nSPS) is 19.9. The molecule has 0 aliphatic carbocycles. The summed E-state index contributed by atoms with van der Waals surface area (Å²) in [6.07, 6.45) is -0.710. The van der Waals surface area contributed by atoms with Crippen LogP contribution in [-0.2, 0) is 14.3 Å². The maximum Gasteiger partial charge on any atom is 0.407 e. The molecule has 0 aromatic heterocycles. The molecule has 0 saturated carbocycles. The molecule has 2 rings (SSSR count). The lowest BCUT2D eigenvalue weighted by Gasteiger charge is -2.36. The Labute approximate surface area is 171 Å². The zero-order valence-electron chi connectivity index (χ0n) is 17.8. The van der Waals surface area contributed by atoms with Crippen LogP contribution in [0, 0.1) is 5.82 Å². The van der Waals surface area contributed by atoms with E-state index >= 15 is 0 Å². The average molecular weight is 410 g/mol. The first kappa shape index (κ1) is 23.1. The van der Waals surface area contributed by atoms with Crippen LogP contribution in [0.15, 0.2) is 24.3 Å². The highest BCUT2D eigenvalue weighted by molar-refractivity contribution is 5.81. The standard InChI is InChI=1S/C21H32FN3O4/c1-14(16-6-8-17(22)9-7-16)24-19(26)15(2)25-10-11-28-18(13-25)12-23-20(27)29-21(3,4)5/h6-9,14-15,18H,10-13H2,1-5H3,(H,23,27)(H,24,26). The van der Waals surface area contributed by atoms with Crippen molar-refractivity contribution in [2.75, 3.05) is 26.2 Å². The van der Waals surface area contributed by atoms with Gasteiger partial charge in [-0.25, -0.2) is 9.18 Å². The van der Waals surface area contributed by atoms with Gasteiger partial charge in [-0.05, 0) is 52.3 Å². The van der Waals surface area contributed by atoms with Crippen LogP contribution in [-0.4, -0.2) is 60.9 Å². The zero-order chi connectivity index (χ0) is 21.6. The summed E-state index contributed by atoms with van der Waals surface area (Å²) in [5.74, 6) is -0.414. The molecule has 1 saturated heterocycles. The smallest absolute Gasteiger partial charge is 0.407 e. The molecular weight excluding hydrogens is 377 g/mol. The Bertz CT molecular complexity index is 690. The SMILES string of the molecule is CC(NC(=O)C(C)N1CCOC(CNC(=O)OC(C)(C)C)C1)c1ccc(F)cc1. The molecule has 1 fully saturated rings. The molecule has 8 heteroatoms. The number of ether oxygens (including phenoxy) is 2. The number of rotatable bonds is 6. The van der Waals surface area contributed by atoms with E-state index in [0.717, 1.165) is 5.56 Å². The van der Waals surface area contributed by atoms with E-state index in [-0.39, 0.29) is 29.9 Å². The van der Waals surface area contributed by atoms with E-state index in [1.807, 2.05) is 18.7 Å². The first-order valence-corrected chi connectivity index (χ1v) is 9.93. The minimum atomic E-state index is -0.558. The van der Waals surface area contributed by atoms with Crippen molar-refractivity contribution in [2.24, 2.45) is 0 Å². The van der Waals surface area contributed by atoms with Crippen molar-refractivity contribution in [3.05, 3.63) is 35.6 Å². The lowest BCUT2D eigenvalue weighted by atomic mass is 10.1. The molecule has 162 valence electrons. The monoisotopic (exact) mass is 409 g/mol. The Morgan fingerprint density at radius 1 is 1.28 bits per heavy atom. The van der Waals surface area contributed by atoms with E-state index in [0.29, 0.717) is 26.2 Å². The fourth-order valence-electron chi connectivity index (χ4n) is 3.06. The molecule has 1 aromatic rings. The van der Waals surface area contributed by atoms with Gasteiger partial charge >= 0.3 is 6.09 Å². The van der Waals surface area contributed by atoms with E-state index in [2.05, 4.69) is 10.6 Å². The lowest BCUT2D eigenvalue weighted by Crippen LogP contribution is -2.54. The number of halogens is 1. The predicted octanol–water partition coefficient (Wildman–Crippen LogP) is 2.62. The summed E-state index contributed by atoms with van der Waals surface area (Å²) >= 11 is 0. The number of nitrogens with one attached hydrogen (secondary N) is 2. The Morgan fingerprint density at radius 3 is 2.55 bits per heavy atom. The molecule has 1 aliphatic rings. The summed E-state index contributed by atoms with van der Waals surface area (Å²) in [6, 6.07) is 5.51. The third-order valence-electron chi connectivity index (χ3n) is 4.70. The highest BCUT2D eigenvalue weighted by atomic mass is 19.1. The summed E-state index contributed by atoms with van der Waals surface area (Å²) in [4.78, 5) is 26.5. The van der Waals surface area contributed by atoms with E-state index < -0.39 is 11.7 Å². The topological polar surface area (TPSA) is 79.9 Å². The molecule has 7 nitrogen and oxygen atoms in total.